The topological polar surface area (TPSA) is 54.5 Å². The lowest BCUT2D eigenvalue weighted by molar-refractivity contribution is 1.05. The van der Waals surface area contributed by atoms with Crippen molar-refractivity contribution in [1.29, 1.82) is 0 Å². The van der Waals surface area contributed by atoms with Gasteiger partial charge in [0.2, 0.25) is 0 Å². The zero-order chi connectivity index (χ0) is 15.5. The van der Waals surface area contributed by atoms with Crippen LogP contribution in [-0.4, -0.2) is 19.9 Å². The molecule has 112 valence electrons. The smallest absolute Gasteiger partial charge is 0.166 e. The van der Waals surface area contributed by atoms with E-state index in [1.807, 2.05) is 54.9 Å². The number of nitrogens with zero attached hydrogens (tertiary/aromatic N) is 3. The minimum Gasteiger partial charge on any atom is -0.339 e. The van der Waals surface area contributed by atoms with Crippen molar-refractivity contribution >= 4 is 22.8 Å². The molecular formula is C18H14N4S. The number of nitrogens with one attached hydrogen (secondary N) is 1. The third-order valence-corrected chi connectivity index (χ3v) is 4.40. The fourth-order valence-corrected chi connectivity index (χ4v) is 3.07. The highest BCUT2D eigenvalue weighted by Crippen LogP contribution is 2.23. The second kappa shape index (κ2) is 6.22. The van der Waals surface area contributed by atoms with Crippen LogP contribution in [0.3, 0.4) is 0 Å². The molecule has 5 heteroatoms. The molecule has 0 fully saturated rings. The molecule has 0 aliphatic carbocycles. The maximum absolute atomic E-state index is 4.63. The van der Waals surface area contributed by atoms with E-state index in [0.717, 1.165) is 38.9 Å². The van der Waals surface area contributed by atoms with Gasteiger partial charge in [-0.1, -0.05) is 54.2 Å². The van der Waals surface area contributed by atoms with E-state index < -0.39 is 0 Å². The van der Waals surface area contributed by atoms with Crippen LogP contribution in [0.25, 0.3) is 22.3 Å². The molecule has 2 heterocycles. The van der Waals surface area contributed by atoms with Crippen molar-refractivity contribution in [3.8, 4) is 11.3 Å². The number of aromatic amines is 1. The van der Waals surface area contributed by atoms with Crippen LogP contribution in [0, 0.1) is 0 Å². The van der Waals surface area contributed by atoms with Gasteiger partial charge in [0.15, 0.2) is 5.16 Å². The third-order valence-electron chi connectivity index (χ3n) is 3.48. The SMILES string of the molecule is c1ccc(-c2c[nH]c(SCc3cnc4ccccc4n3)n2)cc1. The molecule has 4 rings (SSSR count). The Morgan fingerprint density at radius 1 is 0.870 bits per heavy atom. The number of aromatic nitrogens is 4. The van der Waals surface area contributed by atoms with Crippen LogP contribution in [-0.2, 0) is 5.75 Å². The Balaban J connectivity index is 1.49. The number of para-hydroxylation sites is 2. The average Bonchev–Trinajstić information content (AvgIpc) is 3.10. The summed E-state index contributed by atoms with van der Waals surface area (Å²) >= 11 is 1.63. The summed E-state index contributed by atoms with van der Waals surface area (Å²) in [7, 11) is 0. The van der Waals surface area contributed by atoms with Crippen molar-refractivity contribution in [3.05, 3.63) is 72.7 Å². The first kappa shape index (κ1) is 14.0. The number of H-pyrrole nitrogens is 1. The molecule has 0 saturated heterocycles. The molecule has 0 bridgehead atoms. The first-order valence-electron chi connectivity index (χ1n) is 7.33. The number of rotatable bonds is 4. The number of imidazole rings is 1. The Morgan fingerprint density at radius 2 is 1.65 bits per heavy atom. The van der Waals surface area contributed by atoms with E-state index in [0.29, 0.717) is 0 Å². The maximum Gasteiger partial charge on any atom is 0.166 e. The van der Waals surface area contributed by atoms with Crippen molar-refractivity contribution in [3.63, 3.8) is 0 Å². The quantitative estimate of drug-likeness (QED) is 0.570. The summed E-state index contributed by atoms with van der Waals surface area (Å²) in [6.45, 7) is 0. The molecule has 0 saturated carbocycles. The van der Waals surface area contributed by atoms with E-state index in [4.69, 9.17) is 0 Å². The van der Waals surface area contributed by atoms with Crippen molar-refractivity contribution in [1.82, 2.24) is 19.9 Å². The van der Waals surface area contributed by atoms with Gasteiger partial charge in [0.25, 0.3) is 0 Å². The zero-order valence-electron chi connectivity index (χ0n) is 12.3. The first-order chi connectivity index (χ1) is 11.4. The molecule has 2 aromatic carbocycles. The molecule has 0 amide bonds. The Bertz CT molecular complexity index is 934. The van der Waals surface area contributed by atoms with Gasteiger partial charge in [-0.3, -0.25) is 4.98 Å². The van der Waals surface area contributed by atoms with Gasteiger partial charge in [0.05, 0.1) is 22.4 Å². The fraction of sp³-hybridized carbons (Fsp3) is 0.0556. The van der Waals surface area contributed by atoms with Crippen molar-refractivity contribution in [2.75, 3.05) is 0 Å². The van der Waals surface area contributed by atoms with Crippen molar-refractivity contribution in [2.24, 2.45) is 0 Å². The van der Waals surface area contributed by atoms with Crippen molar-refractivity contribution < 1.29 is 0 Å². The van der Waals surface area contributed by atoms with E-state index in [9.17, 15) is 0 Å². The van der Waals surface area contributed by atoms with Crippen LogP contribution in [0.4, 0.5) is 0 Å². The molecule has 23 heavy (non-hydrogen) atoms. The number of hydrogen-bond acceptors (Lipinski definition) is 4. The highest BCUT2D eigenvalue weighted by atomic mass is 32.2. The van der Waals surface area contributed by atoms with Gasteiger partial charge in [-0.15, -0.1) is 0 Å². The Hall–Kier alpha value is -2.66. The van der Waals surface area contributed by atoms with Crippen LogP contribution >= 0.6 is 11.8 Å². The number of hydrogen-bond donors (Lipinski definition) is 1. The number of benzene rings is 2. The lowest BCUT2D eigenvalue weighted by Gasteiger charge is -2.01. The largest absolute Gasteiger partial charge is 0.339 e. The molecule has 2 aromatic heterocycles. The van der Waals surface area contributed by atoms with E-state index in [1.165, 1.54) is 0 Å². The standard InChI is InChI=1S/C18H14N4S/c1-2-6-13(7-3-1)17-11-20-18(22-17)23-12-14-10-19-15-8-4-5-9-16(15)21-14/h1-11H,12H2,(H,20,22). The number of fused-ring (bicyclic) bond motifs is 1. The van der Waals surface area contributed by atoms with Gasteiger partial charge in [-0.05, 0) is 12.1 Å². The van der Waals surface area contributed by atoms with Gasteiger partial charge in [-0.25, -0.2) is 9.97 Å². The minimum absolute atomic E-state index is 0.736. The second-order valence-corrected chi connectivity index (χ2v) is 6.06. The Labute approximate surface area is 138 Å². The molecule has 1 N–H and O–H groups in total. The summed E-state index contributed by atoms with van der Waals surface area (Å²) in [4.78, 5) is 16.9. The Kier molecular flexibility index (Phi) is 3.78. The predicted molar refractivity (Wildman–Crippen MR) is 93.1 cm³/mol. The molecule has 0 aliphatic heterocycles. The molecule has 0 radical (unpaired) electrons. The third kappa shape index (κ3) is 3.10. The highest BCUT2D eigenvalue weighted by molar-refractivity contribution is 7.98. The summed E-state index contributed by atoms with van der Waals surface area (Å²) in [5.74, 6) is 0.736. The normalized spacial score (nSPS) is 11.0. The van der Waals surface area contributed by atoms with E-state index in [2.05, 4.69) is 32.1 Å². The lowest BCUT2D eigenvalue weighted by atomic mass is 10.2. The van der Waals surface area contributed by atoms with E-state index in [-0.39, 0.29) is 0 Å². The molecule has 0 spiro atoms. The summed E-state index contributed by atoms with van der Waals surface area (Å²) < 4.78 is 0. The molecule has 0 aliphatic rings. The summed E-state index contributed by atoms with van der Waals surface area (Å²) in [6, 6.07) is 18.0. The van der Waals surface area contributed by atoms with Gasteiger partial charge in [-0.2, -0.15) is 0 Å². The van der Waals surface area contributed by atoms with Crippen LogP contribution in [0.2, 0.25) is 0 Å². The molecule has 0 unspecified atom stereocenters. The predicted octanol–water partition coefficient (Wildman–Crippen LogP) is 4.31. The highest BCUT2D eigenvalue weighted by Gasteiger charge is 2.06. The van der Waals surface area contributed by atoms with Crippen LogP contribution in [0.5, 0.6) is 0 Å². The molecule has 4 nitrogen and oxygen atoms in total. The summed E-state index contributed by atoms with van der Waals surface area (Å²) in [5.41, 5.74) is 4.87. The van der Waals surface area contributed by atoms with Gasteiger partial charge < -0.3 is 4.98 Å². The van der Waals surface area contributed by atoms with Gasteiger partial charge in [0.1, 0.15) is 0 Å². The minimum atomic E-state index is 0.736. The molecule has 0 atom stereocenters. The van der Waals surface area contributed by atoms with E-state index in [1.54, 1.807) is 11.8 Å². The van der Waals surface area contributed by atoms with Crippen molar-refractivity contribution in [2.45, 2.75) is 10.9 Å². The molecular weight excluding hydrogens is 304 g/mol. The van der Waals surface area contributed by atoms with Crippen LogP contribution in [0.15, 0.2) is 72.1 Å². The number of thioether (sulfide) groups is 1. The summed E-state index contributed by atoms with van der Waals surface area (Å²) in [5, 5.41) is 0.888. The van der Waals surface area contributed by atoms with Gasteiger partial charge in [0, 0.05) is 23.7 Å². The maximum atomic E-state index is 4.63. The van der Waals surface area contributed by atoms with Crippen LogP contribution < -0.4 is 0 Å². The monoisotopic (exact) mass is 318 g/mol. The first-order valence-corrected chi connectivity index (χ1v) is 8.31. The Morgan fingerprint density at radius 3 is 2.52 bits per heavy atom. The molecule has 4 aromatic rings. The van der Waals surface area contributed by atoms with E-state index >= 15 is 0 Å². The summed E-state index contributed by atoms with van der Waals surface area (Å²) in [6.07, 6.45) is 3.76. The fourth-order valence-electron chi connectivity index (χ4n) is 2.34. The average molecular weight is 318 g/mol. The van der Waals surface area contributed by atoms with Gasteiger partial charge >= 0.3 is 0 Å². The lowest BCUT2D eigenvalue weighted by Crippen LogP contribution is -1.91. The second-order valence-electron chi connectivity index (χ2n) is 5.10. The zero-order valence-corrected chi connectivity index (χ0v) is 13.1. The van der Waals surface area contributed by atoms with Crippen LogP contribution in [0.1, 0.15) is 5.69 Å².